The maximum absolute atomic E-state index is 4.36. The molecule has 0 fully saturated rings. The maximum atomic E-state index is 4.36. The minimum atomic E-state index is 0.760. The highest BCUT2D eigenvalue weighted by molar-refractivity contribution is 5.35. The molecule has 0 bridgehead atoms. The van der Waals surface area contributed by atoms with Crippen LogP contribution in [0.3, 0.4) is 0 Å². The van der Waals surface area contributed by atoms with Crippen LogP contribution in [0.1, 0.15) is 24.7 Å². The lowest BCUT2D eigenvalue weighted by Gasteiger charge is -2.06. The van der Waals surface area contributed by atoms with E-state index in [1.807, 2.05) is 41.7 Å². The lowest BCUT2D eigenvalue weighted by atomic mass is 10.4. The van der Waals surface area contributed by atoms with Crippen molar-refractivity contribution < 1.29 is 0 Å². The number of rotatable bonds is 5. The number of hydrogen-bond acceptors (Lipinski definition) is 3. The van der Waals surface area contributed by atoms with Gasteiger partial charge in [-0.05, 0) is 19.4 Å². The molecule has 0 saturated heterocycles. The zero-order valence-electron chi connectivity index (χ0n) is 10.6. The standard InChI is InChI=1S/C12H19N5/c1-4-7-17-11(5-6-14-17)9-13-12-8-10(2)16(3)15-12/h5-6,8H,4,7,9H2,1-3H3,(H,13,15). The Morgan fingerprint density at radius 3 is 2.88 bits per heavy atom. The third kappa shape index (κ3) is 2.67. The van der Waals surface area contributed by atoms with Crippen molar-refractivity contribution in [3.63, 3.8) is 0 Å². The number of nitrogens with zero attached hydrogens (tertiary/aromatic N) is 4. The van der Waals surface area contributed by atoms with Gasteiger partial charge in [-0.25, -0.2) is 0 Å². The minimum Gasteiger partial charge on any atom is -0.363 e. The molecule has 17 heavy (non-hydrogen) atoms. The third-order valence-electron chi connectivity index (χ3n) is 2.80. The van der Waals surface area contributed by atoms with Crippen LogP contribution >= 0.6 is 0 Å². The van der Waals surface area contributed by atoms with E-state index in [1.54, 1.807) is 0 Å². The number of nitrogens with one attached hydrogen (secondary N) is 1. The molecule has 2 rings (SSSR count). The van der Waals surface area contributed by atoms with Crippen LogP contribution in [0.4, 0.5) is 5.82 Å². The molecule has 2 aromatic rings. The largest absolute Gasteiger partial charge is 0.363 e. The zero-order valence-corrected chi connectivity index (χ0v) is 10.6. The van der Waals surface area contributed by atoms with Gasteiger partial charge < -0.3 is 5.32 Å². The second-order valence-electron chi connectivity index (χ2n) is 4.19. The van der Waals surface area contributed by atoms with Crippen molar-refractivity contribution in [2.45, 2.75) is 33.4 Å². The first-order chi connectivity index (χ1) is 8.20. The lowest BCUT2D eigenvalue weighted by Crippen LogP contribution is -2.09. The second-order valence-corrected chi connectivity index (χ2v) is 4.19. The topological polar surface area (TPSA) is 47.7 Å². The summed E-state index contributed by atoms with van der Waals surface area (Å²) >= 11 is 0. The molecule has 0 amide bonds. The molecule has 0 atom stereocenters. The third-order valence-corrected chi connectivity index (χ3v) is 2.80. The van der Waals surface area contributed by atoms with Crippen molar-refractivity contribution in [2.24, 2.45) is 7.05 Å². The van der Waals surface area contributed by atoms with Gasteiger partial charge in [0.25, 0.3) is 0 Å². The SMILES string of the molecule is CCCn1nccc1CNc1cc(C)n(C)n1. The van der Waals surface area contributed by atoms with Crippen LogP contribution in [0.15, 0.2) is 18.3 Å². The van der Waals surface area contributed by atoms with Gasteiger partial charge in [-0.15, -0.1) is 0 Å². The fraction of sp³-hybridized carbons (Fsp3) is 0.500. The van der Waals surface area contributed by atoms with Gasteiger partial charge >= 0.3 is 0 Å². The Bertz CT molecular complexity index is 463. The van der Waals surface area contributed by atoms with Crippen LogP contribution in [0, 0.1) is 6.92 Å². The van der Waals surface area contributed by atoms with E-state index < -0.39 is 0 Å². The molecule has 2 aromatic heterocycles. The quantitative estimate of drug-likeness (QED) is 0.858. The van der Waals surface area contributed by atoms with Gasteiger partial charge in [0.1, 0.15) is 5.82 Å². The summed E-state index contributed by atoms with van der Waals surface area (Å²) in [5.74, 6) is 0.911. The van der Waals surface area contributed by atoms with E-state index in [1.165, 1.54) is 5.69 Å². The average molecular weight is 233 g/mol. The summed E-state index contributed by atoms with van der Waals surface area (Å²) in [4.78, 5) is 0. The van der Waals surface area contributed by atoms with Gasteiger partial charge in [0.15, 0.2) is 0 Å². The fourth-order valence-corrected chi connectivity index (χ4v) is 1.75. The molecule has 5 nitrogen and oxygen atoms in total. The molecule has 0 spiro atoms. The Hall–Kier alpha value is -1.78. The zero-order chi connectivity index (χ0) is 12.3. The normalized spacial score (nSPS) is 10.8. The number of hydrogen-bond donors (Lipinski definition) is 1. The smallest absolute Gasteiger partial charge is 0.148 e. The molecule has 0 aliphatic rings. The summed E-state index contributed by atoms with van der Waals surface area (Å²) in [5.41, 5.74) is 2.34. The van der Waals surface area contributed by atoms with Crippen LogP contribution in [0.2, 0.25) is 0 Å². The molecule has 5 heteroatoms. The van der Waals surface area contributed by atoms with E-state index in [2.05, 4.69) is 22.4 Å². The van der Waals surface area contributed by atoms with Crippen LogP contribution in [0.5, 0.6) is 0 Å². The molecule has 0 saturated carbocycles. The molecule has 0 aliphatic heterocycles. The molecule has 0 radical (unpaired) electrons. The first-order valence-corrected chi connectivity index (χ1v) is 5.96. The number of anilines is 1. The van der Waals surface area contributed by atoms with E-state index >= 15 is 0 Å². The Morgan fingerprint density at radius 1 is 1.41 bits per heavy atom. The number of aromatic nitrogens is 4. The molecule has 2 heterocycles. The monoisotopic (exact) mass is 233 g/mol. The summed E-state index contributed by atoms with van der Waals surface area (Å²) < 4.78 is 3.90. The highest BCUT2D eigenvalue weighted by atomic mass is 15.3. The summed E-state index contributed by atoms with van der Waals surface area (Å²) in [6, 6.07) is 4.08. The van der Waals surface area contributed by atoms with Gasteiger partial charge in [0, 0.05) is 31.5 Å². The predicted molar refractivity (Wildman–Crippen MR) is 67.8 cm³/mol. The lowest BCUT2D eigenvalue weighted by molar-refractivity contribution is 0.578. The minimum absolute atomic E-state index is 0.760. The van der Waals surface area contributed by atoms with Crippen LogP contribution in [-0.2, 0) is 20.1 Å². The molecule has 1 N–H and O–H groups in total. The summed E-state index contributed by atoms with van der Waals surface area (Å²) in [5, 5.41) is 12.0. The van der Waals surface area contributed by atoms with Gasteiger partial charge in [0.2, 0.25) is 0 Å². The Kier molecular flexibility index (Phi) is 3.46. The van der Waals surface area contributed by atoms with Crippen molar-refractivity contribution >= 4 is 5.82 Å². The average Bonchev–Trinajstić information content (AvgIpc) is 2.85. The summed E-state index contributed by atoms with van der Waals surface area (Å²) in [6.07, 6.45) is 2.94. The summed E-state index contributed by atoms with van der Waals surface area (Å²) in [6.45, 7) is 5.92. The van der Waals surface area contributed by atoms with Crippen LogP contribution in [0.25, 0.3) is 0 Å². The van der Waals surface area contributed by atoms with Crippen molar-refractivity contribution in [2.75, 3.05) is 5.32 Å². The van der Waals surface area contributed by atoms with Gasteiger partial charge in [0.05, 0.1) is 12.2 Å². The first kappa shape index (κ1) is 11.7. The van der Waals surface area contributed by atoms with Crippen molar-refractivity contribution in [3.8, 4) is 0 Å². The molecule has 0 unspecified atom stereocenters. The van der Waals surface area contributed by atoms with Crippen molar-refractivity contribution in [3.05, 3.63) is 29.7 Å². The Morgan fingerprint density at radius 2 is 2.24 bits per heavy atom. The molecule has 0 aromatic carbocycles. The van der Waals surface area contributed by atoms with Gasteiger partial charge in [-0.1, -0.05) is 6.92 Å². The van der Waals surface area contributed by atoms with Crippen molar-refractivity contribution in [1.82, 2.24) is 19.6 Å². The number of aryl methyl sites for hydroxylation is 3. The van der Waals surface area contributed by atoms with Crippen LogP contribution in [-0.4, -0.2) is 19.6 Å². The fourth-order valence-electron chi connectivity index (χ4n) is 1.75. The van der Waals surface area contributed by atoms with E-state index in [9.17, 15) is 0 Å². The van der Waals surface area contributed by atoms with Crippen LogP contribution < -0.4 is 5.32 Å². The molecule has 0 aliphatic carbocycles. The van der Waals surface area contributed by atoms with E-state index in [0.29, 0.717) is 0 Å². The molecule has 92 valence electrons. The van der Waals surface area contributed by atoms with Crippen molar-refractivity contribution in [1.29, 1.82) is 0 Å². The van der Waals surface area contributed by atoms with E-state index in [-0.39, 0.29) is 0 Å². The van der Waals surface area contributed by atoms with E-state index in [0.717, 1.165) is 31.0 Å². The first-order valence-electron chi connectivity index (χ1n) is 5.96. The van der Waals surface area contributed by atoms with E-state index in [4.69, 9.17) is 0 Å². The molecular weight excluding hydrogens is 214 g/mol. The second kappa shape index (κ2) is 5.03. The molecular formula is C12H19N5. The van der Waals surface area contributed by atoms with Gasteiger partial charge in [-0.3, -0.25) is 9.36 Å². The van der Waals surface area contributed by atoms with Gasteiger partial charge in [-0.2, -0.15) is 10.2 Å². The highest BCUT2D eigenvalue weighted by Crippen LogP contribution is 2.09. The summed E-state index contributed by atoms with van der Waals surface area (Å²) in [7, 11) is 1.95. The Balaban J connectivity index is 1.99. The Labute approximate surface area is 101 Å². The maximum Gasteiger partial charge on any atom is 0.148 e. The predicted octanol–water partition coefficient (Wildman–Crippen LogP) is 1.95. The highest BCUT2D eigenvalue weighted by Gasteiger charge is 2.04.